The topological polar surface area (TPSA) is 125 Å². The lowest BCUT2D eigenvalue weighted by Gasteiger charge is -2.29. The lowest BCUT2D eigenvalue weighted by molar-refractivity contribution is -0.142. The van der Waals surface area contributed by atoms with E-state index >= 15 is 0 Å². The molecule has 3 atom stereocenters. The minimum atomic E-state index is -1.23. The van der Waals surface area contributed by atoms with E-state index in [-0.39, 0.29) is 12.8 Å². The number of carbonyl (C=O) groups is 4. The minimum Gasteiger partial charge on any atom is -0.480 e. The van der Waals surface area contributed by atoms with Crippen LogP contribution in [0.1, 0.15) is 17.5 Å². The average Bonchev–Trinajstić information content (AvgIpc) is 2.74. The molecule has 10 heteroatoms. The van der Waals surface area contributed by atoms with E-state index in [9.17, 15) is 24.3 Å². The number of hydrogen-bond donors (Lipinski definition) is 4. The number of hydrogen-bond acceptors (Lipinski definition) is 4. The lowest BCUT2D eigenvalue weighted by Crippen LogP contribution is -2.63. The van der Waals surface area contributed by atoms with Crippen LogP contribution in [0.2, 0.25) is 5.02 Å². The number of carboxylic acids is 1. The van der Waals surface area contributed by atoms with Crippen LogP contribution in [0, 0.1) is 0 Å². The maximum Gasteiger partial charge on any atom is 0.326 e. The number of rotatable bonds is 8. The number of amides is 3. The highest BCUT2D eigenvalue weighted by atomic mass is 79.9. The molecular weight excluding hydrogens is 502 g/mol. The molecule has 0 spiro atoms. The van der Waals surface area contributed by atoms with Crippen molar-refractivity contribution in [3.63, 3.8) is 0 Å². The van der Waals surface area contributed by atoms with E-state index in [1.807, 2.05) is 30.3 Å². The molecule has 2 aromatic carbocycles. The van der Waals surface area contributed by atoms with Gasteiger partial charge in [0.1, 0.15) is 18.1 Å². The molecule has 168 valence electrons. The van der Waals surface area contributed by atoms with Gasteiger partial charge in [-0.15, -0.1) is 0 Å². The van der Waals surface area contributed by atoms with Gasteiger partial charge in [-0.2, -0.15) is 0 Å². The highest BCUT2D eigenvalue weighted by Crippen LogP contribution is 2.22. The fourth-order valence-electron chi connectivity index (χ4n) is 3.37. The van der Waals surface area contributed by atoms with Crippen LogP contribution >= 0.6 is 27.5 Å². The normalized spacial score (nSPS) is 18.9. The third kappa shape index (κ3) is 6.30. The fourth-order valence-corrected chi connectivity index (χ4v) is 3.97. The van der Waals surface area contributed by atoms with Crippen molar-refractivity contribution in [1.82, 2.24) is 16.0 Å². The first-order valence-corrected chi connectivity index (χ1v) is 11.0. The van der Waals surface area contributed by atoms with Gasteiger partial charge in [0, 0.05) is 22.3 Å². The standard InChI is InChI=1S/C22H21BrClN3O5/c23-15-7-6-14(24)9-13(15)10-18(22(31)32)25-19(28)11-17-21(30)26-16(20(29)27-17)8-12-4-2-1-3-5-12/h1-7,9,16-18H,8,10-11H2,(H,25,28)(H,26,30)(H,27,29)(H,31,32)/t16-,17-,18+/m0/s1. The summed E-state index contributed by atoms with van der Waals surface area (Å²) < 4.78 is 0.658. The van der Waals surface area contributed by atoms with Gasteiger partial charge in [0.2, 0.25) is 17.7 Å². The molecule has 0 bridgehead atoms. The van der Waals surface area contributed by atoms with Crippen LogP contribution in [0.3, 0.4) is 0 Å². The molecule has 32 heavy (non-hydrogen) atoms. The van der Waals surface area contributed by atoms with Crippen molar-refractivity contribution >= 4 is 51.2 Å². The van der Waals surface area contributed by atoms with Crippen molar-refractivity contribution in [3.05, 3.63) is 69.2 Å². The molecule has 3 amide bonds. The van der Waals surface area contributed by atoms with Crippen molar-refractivity contribution in [2.75, 3.05) is 0 Å². The van der Waals surface area contributed by atoms with Gasteiger partial charge < -0.3 is 21.1 Å². The van der Waals surface area contributed by atoms with Crippen LogP contribution in [0.4, 0.5) is 0 Å². The van der Waals surface area contributed by atoms with Crippen LogP contribution < -0.4 is 16.0 Å². The number of halogens is 2. The van der Waals surface area contributed by atoms with Crippen molar-refractivity contribution in [2.45, 2.75) is 37.4 Å². The molecule has 1 fully saturated rings. The van der Waals surface area contributed by atoms with Crippen LogP contribution in [0.15, 0.2) is 53.0 Å². The predicted octanol–water partition coefficient (Wildman–Crippen LogP) is 1.83. The molecule has 1 saturated heterocycles. The Hall–Kier alpha value is -2.91. The summed E-state index contributed by atoms with van der Waals surface area (Å²) >= 11 is 9.30. The van der Waals surface area contributed by atoms with Gasteiger partial charge in [-0.05, 0) is 29.3 Å². The summed E-state index contributed by atoms with van der Waals surface area (Å²) in [6, 6.07) is 11.1. The zero-order valence-electron chi connectivity index (χ0n) is 16.8. The van der Waals surface area contributed by atoms with Gasteiger partial charge in [0.05, 0.1) is 6.42 Å². The Balaban J connectivity index is 1.58. The van der Waals surface area contributed by atoms with Crippen LogP contribution in [0.5, 0.6) is 0 Å². The van der Waals surface area contributed by atoms with Crippen molar-refractivity contribution < 1.29 is 24.3 Å². The van der Waals surface area contributed by atoms with Gasteiger partial charge in [0.15, 0.2) is 0 Å². The van der Waals surface area contributed by atoms with E-state index in [0.717, 1.165) is 5.56 Å². The van der Waals surface area contributed by atoms with Gasteiger partial charge in [-0.1, -0.05) is 57.9 Å². The van der Waals surface area contributed by atoms with Gasteiger partial charge >= 0.3 is 5.97 Å². The summed E-state index contributed by atoms with van der Waals surface area (Å²) in [5.74, 6) is -2.79. The summed E-state index contributed by atoms with van der Waals surface area (Å²) in [6.45, 7) is 0. The molecule has 8 nitrogen and oxygen atoms in total. The second-order valence-corrected chi connectivity index (χ2v) is 8.71. The molecule has 4 N–H and O–H groups in total. The summed E-state index contributed by atoms with van der Waals surface area (Å²) in [5, 5.41) is 17.5. The summed E-state index contributed by atoms with van der Waals surface area (Å²) in [5.41, 5.74) is 1.50. The first-order chi connectivity index (χ1) is 15.2. The number of piperazine rings is 1. The molecule has 0 unspecified atom stereocenters. The van der Waals surface area contributed by atoms with Crippen LogP contribution in [0.25, 0.3) is 0 Å². The number of nitrogens with one attached hydrogen (secondary N) is 3. The van der Waals surface area contributed by atoms with Crippen molar-refractivity contribution in [3.8, 4) is 0 Å². The van der Waals surface area contributed by atoms with Crippen molar-refractivity contribution in [1.29, 1.82) is 0 Å². The van der Waals surface area contributed by atoms with E-state index in [1.165, 1.54) is 0 Å². The number of carboxylic acid groups (broad SMARTS) is 1. The maximum absolute atomic E-state index is 12.4. The number of carbonyl (C=O) groups excluding carboxylic acids is 3. The number of benzene rings is 2. The molecular formula is C22H21BrClN3O5. The van der Waals surface area contributed by atoms with Crippen LogP contribution in [-0.2, 0) is 32.0 Å². The highest BCUT2D eigenvalue weighted by molar-refractivity contribution is 9.10. The summed E-state index contributed by atoms with van der Waals surface area (Å²) in [6.07, 6.45) is -0.0619. The predicted molar refractivity (Wildman–Crippen MR) is 121 cm³/mol. The lowest BCUT2D eigenvalue weighted by atomic mass is 10.0. The SMILES string of the molecule is O=C(C[C@@H]1NC(=O)[C@H](Cc2ccccc2)NC1=O)N[C@H](Cc1cc(Cl)ccc1Br)C(=O)O. The summed E-state index contributed by atoms with van der Waals surface area (Å²) in [4.78, 5) is 48.9. The molecule has 2 aromatic rings. The monoisotopic (exact) mass is 521 g/mol. The Kier molecular flexibility index (Phi) is 7.87. The summed E-state index contributed by atoms with van der Waals surface area (Å²) in [7, 11) is 0. The van der Waals surface area contributed by atoms with Crippen LogP contribution in [-0.4, -0.2) is 46.9 Å². The fraction of sp³-hybridized carbons (Fsp3) is 0.273. The average molecular weight is 523 g/mol. The van der Waals surface area contributed by atoms with E-state index in [4.69, 9.17) is 11.6 Å². The maximum atomic E-state index is 12.4. The van der Waals surface area contributed by atoms with E-state index in [0.29, 0.717) is 21.5 Å². The Morgan fingerprint density at radius 1 is 1.06 bits per heavy atom. The van der Waals surface area contributed by atoms with Gasteiger partial charge in [-0.3, -0.25) is 14.4 Å². The Morgan fingerprint density at radius 3 is 2.41 bits per heavy atom. The Morgan fingerprint density at radius 2 is 1.72 bits per heavy atom. The molecule has 1 aliphatic rings. The highest BCUT2D eigenvalue weighted by Gasteiger charge is 2.35. The quantitative estimate of drug-likeness (QED) is 0.421. The zero-order chi connectivity index (χ0) is 23.3. The van der Waals surface area contributed by atoms with Crippen molar-refractivity contribution in [2.24, 2.45) is 0 Å². The first kappa shape index (κ1) is 23.7. The molecule has 0 aromatic heterocycles. The Labute approximate surface area is 197 Å². The molecule has 0 aliphatic carbocycles. The molecule has 1 heterocycles. The molecule has 0 radical (unpaired) electrons. The smallest absolute Gasteiger partial charge is 0.326 e. The zero-order valence-corrected chi connectivity index (χ0v) is 19.2. The minimum absolute atomic E-state index is 0.00934. The number of aliphatic carboxylic acids is 1. The Bertz CT molecular complexity index is 1030. The second-order valence-electron chi connectivity index (χ2n) is 7.41. The van der Waals surface area contributed by atoms with E-state index in [2.05, 4.69) is 31.9 Å². The van der Waals surface area contributed by atoms with Gasteiger partial charge in [-0.25, -0.2) is 4.79 Å². The third-order valence-electron chi connectivity index (χ3n) is 5.00. The molecule has 0 saturated carbocycles. The van der Waals surface area contributed by atoms with Gasteiger partial charge in [0.25, 0.3) is 0 Å². The third-order valence-corrected chi connectivity index (χ3v) is 6.01. The van der Waals surface area contributed by atoms with E-state index in [1.54, 1.807) is 18.2 Å². The second kappa shape index (κ2) is 10.6. The largest absolute Gasteiger partial charge is 0.480 e. The molecule has 3 rings (SSSR count). The molecule has 1 aliphatic heterocycles. The van der Waals surface area contributed by atoms with E-state index < -0.39 is 41.8 Å². The first-order valence-electron chi connectivity index (χ1n) is 9.83.